The van der Waals surface area contributed by atoms with Gasteiger partial charge in [0, 0.05) is 16.2 Å². The molecule has 1 unspecified atom stereocenters. The van der Waals surface area contributed by atoms with E-state index in [0.717, 1.165) is 4.47 Å². The second kappa shape index (κ2) is 5.02. The van der Waals surface area contributed by atoms with Crippen LogP contribution in [0, 0.1) is 0 Å². The van der Waals surface area contributed by atoms with Crippen molar-refractivity contribution in [3.05, 3.63) is 51.7 Å². The molecule has 0 aliphatic carbocycles. The van der Waals surface area contributed by atoms with Crippen molar-refractivity contribution in [2.45, 2.75) is 13.0 Å². The summed E-state index contributed by atoms with van der Waals surface area (Å²) in [5.74, 6) is 0.0114. The number of benzene rings is 1. The number of carbonyl (C=O) groups excluding carboxylic acids is 1. The van der Waals surface area contributed by atoms with Gasteiger partial charge in [0.25, 0.3) is 0 Å². The third-order valence-electron chi connectivity index (χ3n) is 2.47. The highest BCUT2D eigenvalue weighted by molar-refractivity contribution is 9.10. The van der Waals surface area contributed by atoms with Gasteiger partial charge < -0.3 is 0 Å². The van der Waals surface area contributed by atoms with E-state index in [1.165, 1.54) is 6.20 Å². The van der Waals surface area contributed by atoms with E-state index in [4.69, 9.17) is 11.6 Å². The van der Waals surface area contributed by atoms with Crippen LogP contribution in [0.5, 0.6) is 0 Å². The highest BCUT2D eigenvalue weighted by Gasteiger charge is 2.17. The van der Waals surface area contributed by atoms with Crippen LogP contribution in [0.1, 0.15) is 23.3 Å². The van der Waals surface area contributed by atoms with Crippen LogP contribution >= 0.6 is 27.5 Å². The minimum absolute atomic E-state index is 0.0114. The van der Waals surface area contributed by atoms with Crippen molar-refractivity contribution in [2.75, 3.05) is 0 Å². The van der Waals surface area contributed by atoms with Gasteiger partial charge in [-0.3, -0.25) is 9.48 Å². The van der Waals surface area contributed by atoms with Gasteiger partial charge in [-0.25, -0.2) is 0 Å². The Balaban J connectivity index is 2.23. The molecule has 88 valence electrons. The fraction of sp³-hybridized carbons (Fsp3) is 0.167. The third-order valence-corrected chi connectivity index (χ3v) is 3.20. The Morgan fingerprint density at radius 2 is 2.06 bits per heavy atom. The molecule has 0 aliphatic heterocycles. The van der Waals surface area contributed by atoms with Crippen LogP contribution in [-0.2, 0) is 0 Å². The van der Waals surface area contributed by atoms with E-state index in [9.17, 15) is 4.79 Å². The Bertz CT molecular complexity index is 536. The molecule has 3 nitrogen and oxygen atoms in total. The molecule has 1 atom stereocenters. The Morgan fingerprint density at radius 3 is 2.59 bits per heavy atom. The lowest BCUT2D eigenvalue weighted by atomic mass is 10.1. The van der Waals surface area contributed by atoms with Gasteiger partial charge in [-0.15, -0.1) is 0 Å². The maximum Gasteiger partial charge on any atom is 0.187 e. The van der Waals surface area contributed by atoms with E-state index in [1.54, 1.807) is 29.9 Å². The first kappa shape index (κ1) is 12.3. The van der Waals surface area contributed by atoms with Gasteiger partial charge >= 0.3 is 0 Å². The molecule has 0 amide bonds. The SMILES string of the molecule is CC(C(=O)c1ccc(Br)cc1)n1cc(Cl)cn1. The largest absolute Gasteiger partial charge is 0.292 e. The summed E-state index contributed by atoms with van der Waals surface area (Å²) in [5, 5.41) is 4.56. The molecule has 1 heterocycles. The molecule has 0 aliphatic rings. The van der Waals surface area contributed by atoms with Gasteiger partial charge in [-0.1, -0.05) is 39.7 Å². The highest BCUT2D eigenvalue weighted by atomic mass is 79.9. The van der Waals surface area contributed by atoms with Gasteiger partial charge in [0.2, 0.25) is 0 Å². The van der Waals surface area contributed by atoms with Gasteiger partial charge in [0.15, 0.2) is 5.78 Å². The van der Waals surface area contributed by atoms with Crippen LogP contribution in [-0.4, -0.2) is 15.6 Å². The fourth-order valence-electron chi connectivity index (χ4n) is 1.50. The number of Topliss-reactive ketones (excluding diaryl/α,β-unsaturated/α-hetero) is 1. The quantitative estimate of drug-likeness (QED) is 0.809. The monoisotopic (exact) mass is 312 g/mol. The number of rotatable bonds is 3. The van der Waals surface area contributed by atoms with E-state index in [2.05, 4.69) is 21.0 Å². The molecule has 0 fully saturated rings. The van der Waals surface area contributed by atoms with Crippen molar-refractivity contribution in [3.63, 3.8) is 0 Å². The Labute approximate surface area is 113 Å². The molecule has 5 heteroatoms. The summed E-state index contributed by atoms with van der Waals surface area (Å²) in [5.41, 5.74) is 0.660. The predicted octanol–water partition coefficient (Wildman–Crippen LogP) is 3.74. The predicted molar refractivity (Wildman–Crippen MR) is 70.4 cm³/mol. The van der Waals surface area contributed by atoms with Crippen LogP contribution in [0.4, 0.5) is 0 Å². The summed E-state index contributed by atoms with van der Waals surface area (Å²) in [6.45, 7) is 1.80. The number of nitrogens with zero attached hydrogens (tertiary/aromatic N) is 2. The Morgan fingerprint density at radius 1 is 1.41 bits per heavy atom. The number of carbonyl (C=O) groups is 1. The van der Waals surface area contributed by atoms with Crippen molar-refractivity contribution in [2.24, 2.45) is 0 Å². The normalized spacial score (nSPS) is 12.4. The second-order valence-electron chi connectivity index (χ2n) is 3.69. The molecular formula is C12H10BrClN2O. The minimum atomic E-state index is -0.358. The zero-order valence-electron chi connectivity index (χ0n) is 9.10. The van der Waals surface area contributed by atoms with Crippen LogP contribution < -0.4 is 0 Å². The summed E-state index contributed by atoms with van der Waals surface area (Å²) < 4.78 is 2.51. The lowest BCUT2D eigenvalue weighted by Crippen LogP contribution is -2.16. The van der Waals surface area contributed by atoms with E-state index in [1.807, 2.05) is 12.1 Å². The molecule has 0 saturated heterocycles. The maximum atomic E-state index is 12.1. The molecular weight excluding hydrogens is 304 g/mol. The second-order valence-corrected chi connectivity index (χ2v) is 5.04. The highest BCUT2D eigenvalue weighted by Crippen LogP contribution is 2.18. The van der Waals surface area contributed by atoms with Crippen molar-refractivity contribution >= 4 is 33.3 Å². The molecule has 0 saturated carbocycles. The molecule has 2 rings (SSSR count). The standard InChI is InChI=1S/C12H10BrClN2O/c1-8(16-7-11(14)6-15-16)12(17)9-2-4-10(13)5-3-9/h2-8H,1H3. The van der Waals surface area contributed by atoms with Crippen molar-refractivity contribution < 1.29 is 4.79 Å². The number of hydrogen-bond acceptors (Lipinski definition) is 2. The topological polar surface area (TPSA) is 34.9 Å². The van der Waals surface area contributed by atoms with E-state index < -0.39 is 0 Å². The van der Waals surface area contributed by atoms with Crippen molar-refractivity contribution in [3.8, 4) is 0 Å². The lowest BCUT2D eigenvalue weighted by Gasteiger charge is -2.10. The zero-order valence-corrected chi connectivity index (χ0v) is 11.4. The van der Waals surface area contributed by atoms with Crippen LogP contribution in [0.25, 0.3) is 0 Å². The summed E-state index contributed by atoms with van der Waals surface area (Å²) >= 11 is 9.11. The Kier molecular flexibility index (Phi) is 3.64. The molecule has 0 bridgehead atoms. The van der Waals surface area contributed by atoms with Crippen molar-refractivity contribution in [1.82, 2.24) is 9.78 Å². The molecule has 17 heavy (non-hydrogen) atoms. The smallest absolute Gasteiger partial charge is 0.187 e. The third kappa shape index (κ3) is 2.76. The summed E-state index contributed by atoms with van der Waals surface area (Å²) in [6.07, 6.45) is 3.16. The Hall–Kier alpha value is -1.13. The van der Waals surface area contributed by atoms with E-state index in [0.29, 0.717) is 10.6 Å². The number of aromatic nitrogens is 2. The molecule has 0 radical (unpaired) electrons. The lowest BCUT2D eigenvalue weighted by molar-refractivity contribution is 0.0928. The first-order valence-corrected chi connectivity index (χ1v) is 6.24. The number of hydrogen-bond donors (Lipinski definition) is 0. The summed E-state index contributed by atoms with van der Waals surface area (Å²) in [6, 6.07) is 6.90. The minimum Gasteiger partial charge on any atom is -0.292 e. The average molecular weight is 314 g/mol. The van der Waals surface area contributed by atoms with E-state index in [-0.39, 0.29) is 11.8 Å². The molecule has 0 spiro atoms. The number of halogens is 2. The average Bonchev–Trinajstić information content (AvgIpc) is 2.75. The molecule has 0 N–H and O–H groups in total. The summed E-state index contributed by atoms with van der Waals surface area (Å²) in [4.78, 5) is 12.1. The van der Waals surface area contributed by atoms with Gasteiger partial charge in [0.05, 0.1) is 11.2 Å². The molecule has 1 aromatic carbocycles. The zero-order chi connectivity index (χ0) is 12.4. The van der Waals surface area contributed by atoms with Gasteiger partial charge in [-0.2, -0.15) is 5.10 Å². The number of ketones is 1. The fourth-order valence-corrected chi connectivity index (χ4v) is 1.91. The molecule has 1 aromatic heterocycles. The van der Waals surface area contributed by atoms with Gasteiger partial charge in [0.1, 0.15) is 6.04 Å². The molecule has 2 aromatic rings. The van der Waals surface area contributed by atoms with Crippen LogP contribution in [0.3, 0.4) is 0 Å². The first-order chi connectivity index (χ1) is 8.08. The van der Waals surface area contributed by atoms with Gasteiger partial charge in [-0.05, 0) is 19.1 Å². The van der Waals surface area contributed by atoms with Crippen LogP contribution in [0.2, 0.25) is 5.02 Å². The summed E-state index contributed by atoms with van der Waals surface area (Å²) in [7, 11) is 0. The first-order valence-electron chi connectivity index (χ1n) is 5.07. The van der Waals surface area contributed by atoms with Crippen LogP contribution in [0.15, 0.2) is 41.1 Å². The van der Waals surface area contributed by atoms with Crippen molar-refractivity contribution in [1.29, 1.82) is 0 Å². The van der Waals surface area contributed by atoms with E-state index >= 15 is 0 Å². The maximum absolute atomic E-state index is 12.1.